The first-order chi connectivity index (χ1) is 13.5. The van der Waals surface area contributed by atoms with Gasteiger partial charge in [-0.2, -0.15) is 0 Å². The minimum absolute atomic E-state index is 0.223. The summed E-state index contributed by atoms with van der Waals surface area (Å²) >= 11 is 0. The van der Waals surface area contributed by atoms with Crippen molar-refractivity contribution in [1.82, 2.24) is 14.8 Å². The molecule has 0 aliphatic carbocycles. The topological polar surface area (TPSA) is 118 Å². The molecule has 2 rings (SSSR count). The Bertz CT molecular complexity index is 832. The number of carboxylic acids is 1. The fourth-order valence-electron chi connectivity index (χ4n) is 3.13. The molecule has 0 unspecified atom stereocenters. The van der Waals surface area contributed by atoms with Gasteiger partial charge >= 0.3 is 12.1 Å². The van der Waals surface area contributed by atoms with Crippen molar-refractivity contribution < 1.29 is 24.2 Å². The molecular formula is C20H29N3O6. The number of ether oxygens (including phenoxy) is 1. The molecule has 2 heterocycles. The van der Waals surface area contributed by atoms with Gasteiger partial charge in [-0.15, -0.1) is 0 Å². The number of likely N-dealkylation sites (tertiary alicyclic amines) is 1. The van der Waals surface area contributed by atoms with Crippen LogP contribution in [0.2, 0.25) is 0 Å². The van der Waals surface area contributed by atoms with E-state index in [9.17, 15) is 19.2 Å². The van der Waals surface area contributed by atoms with Crippen LogP contribution in [0.4, 0.5) is 4.79 Å². The van der Waals surface area contributed by atoms with Crippen molar-refractivity contribution in [3.05, 3.63) is 33.7 Å². The fourth-order valence-corrected chi connectivity index (χ4v) is 3.13. The number of aryl methyl sites for hydroxylation is 1. The summed E-state index contributed by atoms with van der Waals surface area (Å²) in [6, 6.07) is 2.75. The van der Waals surface area contributed by atoms with Crippen molar-refractivity contribution in [2.24, 2.45) is 5.92 Å². The van der Waals surface area contributed by atoms with Gasteiger partial charge in [-0.3, -0.25) is 9.59 Å². The zero-order valence-electron chi connectivity index (χ0n) is 17.4. The van der Waals surface area contributed by atoms with E-state index in [4.69, 9.17) is 9.84 Å². The van der Waals surface area contributed by atoms with Gasteiger partial charge in [-0.1, -0.05) is 0 Å². The number of pyridine rings is 1. The monoisotopic (exact) mass is 407 g/mol. The van der Waals surface area contributed by atoms with Crippen molar-refractivity contribution >= 4 is 18.0 Å². The van der Waals surface area contributed by atoms with E-state index in [1.807, 2.05) is 20.8 Å². The molecule has 1 aliphatic heterocycles. The molecule has 160 valence electrons. The van der Waals surface area contributed by atoms with E-state index in [-0.39, 0.29) is 30.0 Å². The maximum atomic E-state index is 12.3. The summed E-state index contributed by atoms with van der Waals surface area (Å²) in [5.41, 5.74) is -1.08. The Labute approximate surface area is 169 Å². The Kier molecular flexibility index (Phi) is 7.05. The molecule has 0 aromatic carbocycles. The van der Waals surface area contributed by atoms with Crippen molar-refractivity contribution in [3.8, 4) is 0 Å². The van der Waals surface area contributed by atoms with Gasteiger partial charge in [0.1, 0.15) is 17.7 Å². The highest BCUT2D eigenvalue weighted by atomic mass is 16.6. The minimum Gasteiger partial charge on any atom is -0.477 e. The number of amides is 2. The van der Waals surface area contributed by atoms with Gasteiger partial charge in [0.05, 0.1) is 0 Å². The average Bonchev–Trinajstić information content (AvgIpc) is 2.62. The highest BCUT2D eigenvalue weighted by molar-refractivity contribution is 5.87. The van der Waals surface area contributed by atoms with Crippen LogP contribution in [0.3, 0.4) is 0 Å². The van der Waals surface area contributed by atoms with E-state index >= 15 is 0 Å². The second-order valence-corrected chi connectivity index (χ2v) is 8.30. The van der Waals surface area contributed by atoms with E-state index in [0.717, 1.165) is 17.4 Å². The maximum Gasteiger partial charge on any atom is 0.410 e. The van der Waals surface area contributed by atoms with Crippen molar-refractivity contribution in [2.75, 3.05) is 19.6 Å². The molecule has 29 heavy (non-hydrogen) atoms. The van der Waals surface area contributed by atoms with Gasteiger partial charge < -0.3 is 24.6 Å². The number of nitrogens with one attached hydrogen (secondary N) is 1. The second kappa shape index (κ2) is 9.11. The molecule has 0 saturated carbocycles. The SMILES string of the molecule is Cc1ccc(C(=O)O)c(=O)n1CC(=O)NCC1CCN(C(=O)OC(C)(C)C)CC1. The predicted octanol–water partition coefficient (Wildman–Crippen LogP) is 1.62. The fraction of sp³-hybridized carbons (Fsp3) is 0.600. The Hall–Kier alpha value is -2.84. The third kappa shape index (κ3) is 6.33. The lowest BCUT2D eigenvalue weighted by atomic mass is 9.97. The molecule has 9 nitrogen and oxygen atoms in total. The molecule has 1 fully saturated rings. The van der Waals surface area contributed by atoms with Crippen molar-refractivity contribution in [1.29, 1.82) is 0 Å². The Morgan fingerprint density at radius 2 is 1.83 bits per heavy atom. The molecule has 0 spiro atoms. The van der Waals surface area contributed by atoms with Crippen LogP contribution in [0.25, 0.3) is 0 Å². The first kappa shape index (κ1) is 22.4. The van der Waals surface area contributed by atoms with E-state index in [1.54, 1.807) is 11.8 Å². The number of aromatic nitrogens is 1. The molecule has 0 bridgehead atoms. The lowest BCUT2D eigenvalue weighted by Gasteiger charge is -2.33. The van der Waals surface area contributed by atoms with Crippen LogP contribution >= 0.6 is 0 Å². The minimum atomic E-state index is -1.32. The summed E-state index contributed by atoms with van der Waals surface area (Å²) in [6.07, 6.45) is 1.16. The number of nitrogens with zero attached hydrogens (tertiary/aromatic N) is 2. The van der Waals surface area contributed by atoms with Crippen LogP contribution in [0, 0.1) is 12.8 Å². The molecule has 1 saturated heterocycles. The molecule has 1 aromatic rings. The van der Waals surface area contributed by atoms with Crippen molar-refractivity contribution in [2.45, 2.75) is 52.7 Å². The second-order valence-electron chi connectivity index (χ2n) is 8.30. The molecule has 0 radical (unpaired) electrons. The van der Waals surface area contributed by atoms with Crippen LogP contribution < -0.4 is 10.9 Å². The largest absolute Gasteiger partial charge is 0.477 e. The average molecular weight is 407 g/mol. The highest BCUT2D eigenvalue weighted by Gasteiger charge is 2.27. The van der Waals surface area contributed by atoms with Gasteiger partial charge in [0, 0.05) is 25.3 Å². The molecule has 1 aliphatic rings. The third-order valence-electron chi connectivity index (χ3n) is 4.78. The van der Waals surface area contributed by atoms with Crippen LogP contribution in [0.5, 0.6) is 0 Å². The molecular weight excluding hydrogens is 378 g/mol. The standard InChI is InChI=1S/C20H29N3O6/c1-13-5-6-15(18(26)27)17(25)23(13)12-16(24)21-11-14-7-9-22(10-8-14)19(28)29-20(2,3)4/h5-6,14H,7-12H2,1-4H3,(H,21,24)(H,26,27). The van der Waals surface area contributed by atoms with E-state index in [1.165, 1.54) is 12.1 Å². The summed E-state index contributed by atoms with van der Waals surface area (Å²) in [5.74, 6) is -1.45. The highest BCUT2D eigenvalue weighted by Crippen LogP contribution is 2.19. The zero-order chi connectivity index (χ0) is 21.8. The van der Waals surface area contributed by atoms with Crippen molar-refractivity contribution in [3.63, 3.8) is 0 Å². The Balaban J connectivity index is 1.84. The number of rotatable bonds is 5. The quantitative estimate of drug-likeness (QED) is 0.766. The lowest BCUT2D eigenvalue weighted by Crippen LogP contribution is -2.44. The van der Waals surface area contributed by atoms with Crippen LogP contribution in [0.15, 0.2) is 16.9 Å². The summed E-state index contributed by atoms with van der Waals surface area (Å²) in [6.45, 7) is 8.46. The maximum absolute atomic E-state index is 12.3. The number of hydrogen-bond donors (Lipinski definition) is 2. The normalized spacial score (nSPS) is 15.1. The number of carbonyl (C=O) groups excluding carboxylic acids is 2. The number of piperidine rings is 1. The molecule has 9 heteroatoms. The summed E-state index contributed by atoms with van der Waals surface area (Å²) < 4.78 is 6.53. The number of hydrogen-bond acceptors (Lipinski definition) is 5. The third-order valence-corrected chi connectivity index (χ3v) is 4.78. The summed E-state index contributed by atoms with van der Waals surface area (Å²) in [5, 5.41) is 11.9. The van der Waals surface area contributed by atoms with E-state index < -0.39 is 17.1 Å². The van der Waals surface area contributed by atoms with Crippen LogP contribution in [0.1, 0.15) is 49.7 Å². The molecule has 0 atom stereocenters. The first-order valence-corrected chi connectivity index (χ1v) is 9.66. The predicted molar refractivity (Wildman–Crippen MR) is 106 cm³/mol. The first-order valence-electron chi connectivity index (χ1n) is 9.66. The Morgan fingerprint density at radius 3 is 2.38 bits per heavy atom. The number of carbonyl (C=O) groups is 3. The van der Waals surface area contributed by atoms with Gasteiger partial charge in [-0.25, -0.2) is 9.59 Å². The summed E-state index contributed by atoms with van der Waals surface area (Å²) in [4.78, 5) is 49.4. The molecule has 1 aromatic heterocycles. The summed E-state index contributed by atoms with van der Waals surface area (Å²) in [7, 11) is 0. The number of carboxylic acid groups (broad SMARTS) is 1. The lowest BCUT2D eigenvalue weighted by molar-refractivity contribution is -0.122. The zero-order valence-corrected chi connectivity index (χ0v) is 17.4. The van der Waals surface area contributed by atoms with E-state index in [0.29, 0.717) is 25.3 Å². The molecule has 2 amide bonds. The van der Waals surface area contributed by atoms with Gasteiger partial charge in [0.25, 0.3) is 5.56 Å². The van der Waals surface area contributed by atoms with Gasteiger partial charge in [0.15, 0.2) is 0 Å². The van der Waals surface area contributed by atoms with Crippen LogP contribution in [-0.4, -0.2) is 57.8 Å². The Morgan fingerprint density at radius 1 is 1.21 bits per heavy atom. The number of aromatic carboxylic acids is 1. The van der Waals surface area contributed by atoms with Crippen LogP contribution in [-0.2, 0) is 16.1 Å². The van der Waals surface area contributed by atoms with Gasteiger partial charge in [-0.05, 0) is 58.6 Å². The van der Waals surface area contributed by atoms with E-state index in [2.05, 4.69) is 5.32 Å². The van der Waals surface area contributed by atoms with Gasteiger partial charge in [0.2, 0.25) is 5.91 Å². The molecule has 2 N–H and O–H groups in total. The smallest absolute Gasteiger partial charge is 0.410 e.